The van der Waals surface area contributed by atoms with Gasteiger partial charge in [0.15, 0.2) is 0 Å². The number of hydrogen-bond acceptors (Lipinski definition) is 3. The Hall–Kier alpha value is -1.55. The molecule has 106 valence electrons. The molecule has 0 fully saturated rings. The molecule has 0 saturated carbocycles. The largest absolute Gasteiger partial charge is 0.397 e. The van der Waals surface area contributed by atoms with Crippen molar-refractivity contribution in [2.24, 2.45) is 0 Å². The summed E-state index contributed by atoms with van der Waals surface area (Å²) >= 11 is 0. The van der Waals surface area contributed by atoms with Gasteiger partial charge in [0.25, 0.3) is 0 Å². The molecule has 1 rings (SSSR count). The quantitative estimate of drug-likeness (QED) is 0.709. The molecule has 0 heterocycles. The van der Waals surface area contributed by atoms with E-state index in [0.29, 0.717) is 17.8 Å². The summed E-state index contributed by atoms with van der Waals surface area (Å²) in [4.78, 5) is 14.0. The zero-order valence-electron chi connectivity index (χ0n) is 12.0. The number of nitrogens with two attached hydrogens (primary N) is 1. The van der Waals surface area contributed by atoms with Crippen LogP contribution in [0.15, 0.2) is 24.3 Å². The van der Waals surface area contributed by atoms with Crippen molar-refractivity contribution in [2.45, 2.75) is 32.6 Å². The van der Waals surface area contributed by atoms with Crippen molar-refractivity contribution >= 4 is 17.3 Å². The number of carbonyl (C=O) groups is 1. The molecule has 0 radical (unpaired) electrons. The molecule has 0 saturated heterocycles. The Morgan fingerprint density at radius 1 is 1.26 bits per heavy atom. The van der Waals surface area contributed by atoms with Gasteiger partial charge in [0.2, 0.25) is 5.91 Å². The lowest BCUT2D eigenvalue weighted by molar-refractivity contribution is -0.116. The van der Waals surface area contributed by atoms with Crippen LogP contribution in [0, 0.1) is 0 Å². The highest BCUT2D eigenvalue weighted by Gasteiger charge is 2.05. The molecule has 3 N–H and O–H groups in total. The smallest absolute Gasteiger partial charge is 0.224 e. The number of nitrogens with one attached hydrogen (secondary N) is 1. The number of anilines is 2. The van der Waals surface area contributed by atoms with Crippen molar-refractivity contribution in [3.63, 3.8) is 0 Å². The van der Waals surface area contributed by atoms with Gasteiger partial charge < -0.3 is 16.0 Å². The van der Waals surface area contributed by atoms with Gasteiger partial charge in [-0.3, -0.25) is 4.79 Å². The highest BCUT2D eigenvalue weighted by molar-refractivity contribution is 5.93. The molecule has 0 unspecified atom stereocenters. The lowest BCUT2D eigenvalue weighted by Gasteiger charge is -2.15. The Kier molecular flexibility index (Phi) is 6.97. The zero-order valence-corrected chi connectivity index (χ0v) is 12.0. The van der Waals surface area contributed by atoms with Gasteiger partial charge in [0.05, 0.1) is 11.4 Å². The van der Waals surface area contributed by atoms with E-state index in [1.807, 2.05) is 18.2 Å². The van der Waals surface area contributed by atoms with Crippen molar-refractivity contribution in [1.82, 2.24) is 4.90 Å². The number of carbonyl (C=O) groups excluding carboxylic acids is 1. The second-order valence-electron chi connectivity index (χ2n) is 4.90. The van der Waals surface area contributed by atoms with E-state index < -0.39 is 0 Å². The Balaban J connectivity index is 2.23. The van der Waals surface area contributed by atoms with Gasteiger partial charge in [-0.25, -0.2) is 0 Å². The predicted molar refractivity (Wildman–Crippen MR) is 81.1 cm³/mol. The monoisotopic (exact) mass is 263 g/mol. The Bertz CT molecular complexity index is 393. The lowest BCUT2D eigenvalue weighted by Crippen LogP contribution is -2.22. The summed E-state index contributed by atoms with van der Waals surface area (Å²) in [5.41, 5.74) is 7.09. The van der Waals surface area contributed by atoms with E-state index in [0.717, 1.165) is 19.5 Å². The number of para-hydroxylation sites is 2. The number of hydrogen-bond donors (Lipinski definition) is 2. The normalized spacial score (nSPS) is 10.7. The van der Waals surface area contributed by atoms with Gasteiger partial charge in [-0.2, -0.15) is 0 Å². The molecule has 0 spiro atoms. The number of amides is 1. The maximum Gasteiger partial charge on any atom is 0.224 e. The summed E-state index contributed by atoms with van der Waals surface area (Å²) in [6.45, 7) is 4.24. The van der Waals surface area contributed by atoms with Crippen LogP contribution < -0.4 is 11.1 Å². The maximum atomic E-state index is 11.8. The number of unbranched alkanes of at least 4 members (excludes halogenated alkanes) is 1. The van der Waals surface area contributed by atoms with E-state index in [-0.39, 0.29) is 5.91 Å². The molecule has 0 bridgehead atoms. The summed E-state index contributed by atoms with van der Waals surface area (Å²) in [7, 11) is 2.10. The molecule has 1 aromatic rings. The van der Waals surface area contributed by atoms with Gasteiger partial charge in [-0.1, -0.05) is 25.5 Å². The van der Waals surface area contributed by atoms with Gasteiger partial charge in [0, 0.05) is 6.42 Å². The number of nitrogen functional groups attached to an aromatic ring is 1. The first-order valence-corrected chi connectivity index (χ1v) is 6.96. The predicted octanol–water partition coefficient (Wildman–Crippen LogP) is 2.72. The SMILES string of the molecule is CCCCN(C)CCCC(=O)Nc1ccccc1N. The average Bonchev–Trinajstić information content (AvgIpc) is 2.39. The molecule has 4 nitrogen and oxygen atoms in total. The van der Waals surface area contributed by atoms with Crippen LogP contribution in [-0.4, -0.2) is 30.9 Å². The molecule has 0 atom stereocenters. The van der Waals surface area contributed by atoms with Gasteiger partial charge in [-0.05, 0) is 45.1 Å². The van der Waals surface area contributed by atoms with Gasteiger partial charge in [0.1, 0.15) is 0 Å². The molecule has 0 aliphatic carbocycles. The van der Waals surface area contributed by atoms with Crippen LogP contribution in [0.3, 0.4) is 0 Å². The summed E-state index contributed by atoms with van der Waals surface area (Å²) < 4.78 is 0. The van der Waals surface area contributed by atoms with Crippen molar-refractivity contribution in [1.29, 1.82) is 0 Å². The topological polar surface area (TPSA) is 58.4 Å². The maximum absolute atomic E-state index is 11.8. The third-order valence-corrected chi connectivity index (χ3v) is 3.07. The zero-order chi connectivity index (χ0) is 14.1. The fourth-order valence-corrected chi connectivity index (χ4v) is 1.87. The van der Waals surface area contributed by atoms with Crippen LogP contribution >= 0.6 is 0 Å². The van der Waals surface area contributed by atoms with Crippen LogP contribution in [0.5, 0.6) is 0 Å². The van der Waals surface area contributed by atoms with Gasteiger partial charge in [-0.15, -0.1) is 0 Å². The standard InChI is InChI=1S/C15H25N3O/c1-3-4-11-18(2)12-7-10-15(19)17-14-9-6-5-8-13(14)16/h5-6,8-9H,3-4,7,10-12,16H2,1-2H3,(H,17,19). The Morgan fingerprint density at radius 3 is 2.63 bits per heavy atom. The van der Waals surface area contributed by atoms with E-state index in [4.69, 9.17) is 5.73 Å². The van der Waals surface area contributed by atoms with Crippen LogP contribution in [0.25, 0.3) is 0 Å². The third-order valence-electron chi connectivity index (χ3n) is 3.07. The highest BCUT2D eigenvalue weighted by atomic mass is 16.1. The minimum atomic E-state index is 0.0294. The van der Waals surface area contributed by atoms with E-state index in [2.05, 4.69) is 24.2 Å². The first kappa shape index (κ1) is 15.5. The molecular weight excluding hydrogens is 238 g/mol. The van der Waals surface area contributed by atoms with E-state index >= 15 is 0 Å². The van der Waals surface area contributed by atoms with Crippen LogP contribution in [0.4, 0.5) is 11.4 Å². The molecule has 1 amide bonds. The second-order valence-corrected chi connectivity index (χ2v) is 4.90. The molecule has 1 aromatic carbocycles. The molecule has 4 heteroatoms. The summed E-state index contributed by atoms with van der Waals surface area (Å²) in [6, 6.07) is 7.33. The minimum absolute atomic E-state index is 0.0294. The van der Waals surface area contributed by atoms with Crippen molar-refractivity contribution < 1.29 is 4.79 Å². The number of rotatable bonds is 8. The molecular formula is C15H25N3O. The average molecular weight is 263 g/mol. The van der Waals surface area contributed by atoms with E-state index in [1.165, 1.54) is 12.8 Å². The van der Waals surface area contributed by atoms with Crippen LogP contribution in [0.2, 0.25) is 0 Å². The Morgan fingerprint density at radius 2 is 1.95 bits per heavy atom. The fraction of sp³-hybridized carbons (Fsp3) is 0.533. The first-order valence-electron chi connectivity index (χ1n) is 6.96. The molecule has 0 aromatic heterocycles. The third kappa shape index (κ3) is 6.25. The second kappa shape index (κ2) is 8.53. The van der Waals surface area contributed by atoms with Crippen molar-refractivity contribution in [2.75, 3.05) is 31.2 Å². The first-order chi connectivity index (χ1) is 9.13. The van der Waals surface area contributed by atoms with E-state index in [1.54, 1.807) is 6.07 Å². The molecule has 19 heavy (non-hydrogen) atoms. The minimum Gasteiger partial charge on any atom is -0.397 e. The summed E-state index contributed by atoms with van der Waals surface area (Å²) in [6.07, 6.45) is 3.82. The summed E-state index contributed by atoms with van der Waals surface area (Å²) in [5.74, 6) is 0.0294. The van der Waals surface area contributed by atoms with Crippen molar-refractivity contribution in [3.8, 4) is 0 Å². The fourth-order valence-electron chi connectivity index (χ4n) is 1.87. The van der Waals surface area contributed by atoms with Crippen molar-refractivity contribution in [3.05, 3.63) is 24.3 Å². The number of nitrogens with zero attached hydrogens (tertiary/aromatic N) is 1. The van der Waals surface area contributed by atoms with Gasteiger partial charge >= 0.3 is 0 Å². The number of benzene rings is 1. The highest BCUT2D eigenvalue weighted by Crippen LogP contribution is 2.16. The molecule has 0 aliphatic heterocycles. The Labute approximate surface area is 116 Å². The summed E-state index contributed by atoms with van der Waals surface area (Å²) in [5, 5.41) is 2.84. The van der Waals surface area contributed by atoms with E-state index in [9.17, 15) is 4.79 Å². The van der Waals surface area contributed by atoms with Crippen LogP contribution in [-0.2, 0) is 4.79 Å². The molecule has 0 aliphatic rings. The van der Waals surface area contributed by atoms with Crippen LogP contribution in [0.1, 0.15) is 32.6 Å². The lowest BCUT2D eigenvalue weighted by atomic mass is 10.2.